The van der Waals surface area contributed by atoms with Gasteiger partial charge in [-0.3, -0.25) is 0 Å². The van der Waals surface area contributed by atoms with E-state index in [1.165, 1.54) is 40.8 Å². The van der Waals surface area contributed by atoms with Crippen molar-refractivity contribution in [2.75, 3.05) is 18.1 Å². The van der Waals surface area contributed by atoms with Crippen LogP contribution in [0.15, 0.2) is 28.7 Å². The van der Waals surface area contributed by atoms with E-state index in [1.54, 1.807) is 0 Å². The van der Waals surface area contributed by atoms with Crippen molar-refractivity contribution in [2.45, 2.75) is 38.6 Å². The number of hydrogen-bond acceptors (Lipinski definition) is 2. The number of thioether (sulfide) groups is 1. The van der Waals surface area contributed by atoms with Crippen LogP contribution in [0.5, 0.6) is 0 Å². The summed E-state index contributed by atoms with van der Waals surface area (Å²) in [6.07, 6.45) is 5.31. The zero-order chi connectivity index (χ0) is 13.5. The molecule has 0 aromatic heterocycles. The molecule has 2 rings (SSSR count). The Morgan fingerprint density at radius 1 is 1.26 bits per heavy atom. The highest BCUT2D eigenvalue weighted by molar-refractivity contribution is 9.10. The monoisotopic (exact) mass is 341 g/mol. The zero-order valence-electron chi connectivity index (χ0n) is 11.7. The topological polar surface area (TPSA) is 12.0 Å². The smallest absolute Gasteiger partial charge is 0.0175 e. The Kier molecular flexibility index (Phi) is 6.75. The minimum Gasteiger partial charge on any atom is -0.314 e. The molecule has 1 fully saturated rings. The van der Waals surface area contributed by atoms with E-state index in [0.717, 1.165) is 18.9 Å². The lowest BCUT2D eigenvalue weighted by molar-refractivity contribution is 0.366. The summed E-state index contributed by atoms with van der Waals surface area (Å²) in [6, 6.07) is 9.42. The number of hydrogen-bond donors (Lipinski definition) is 1. The van der Waals surface area contributed by atoms with Crippen LogP contribution in [-0.2, 0) is 6.42 Å². The maximum absolute atomic E-state index is 3.67. The predicted octanol–water partition coefficient (Wildman–Crippen LogP) is 4.50. The van der Waals surface area contributed by atoms with Gasteiger partial charge in [0.05, 0.1) is 0 Å². The van der Waals surface area contributed by atoms with Gasteiger partial charge in [0, 0.05) is 10.5 Å². The van der Waals surface area contributed by atoms with Gasteiger partial charge < -0.3 is 5.32 Å². The van der Waals surface area contributed by atoms with E-state index in [2.05, 4.69) is 64.2 Å². The van der Waals surface area contributed by atoms with Crippen molar-refractivity contribution in [3.8, 4) is 0 Å². The Bertz CT molecular complexity index is 360. The number of nitrogens with one attached hydrogen (secondary N) is 1. The van der Waals surface area contributed by atoms with Crippen LogP contribution < -0.4 is 5.32 Å². The quantitative estimate of drug-likeness (QED) is 0.817. The highest BCUT2D eigenvalue weighted by atomic mass is 79.9. The van der Waals surface area contributed by atoms with E-state index in [9.17, 15) is 0 Å². The van der Waals surface area contributed by atoms with E-state index < -0.39 is 0 Å². The first kappa shape index (κ1) is 15.4. The Balaban J connectivity index is 1.89. The Labute approximate surface area is 130 Å². The molecule has 0 radical (unpaired) electrons. The van der Waals surface area contributed by atoms with Gasteiger partial charge in [0.2, 0.25) is 0 Å². The van der Waals surface area contributed by atoms with Gasteiger partial charge in [-0.05, 0) is 67.3 Å². The van der Waals surface area contributed by atoms with Gasteiger partial charge in [0.15, 0.2) is 0 Å². The fraction of sp³-hybridized carbons (Fsp3) is 0.625. The second-order valence-corrected chi connectivity index (χ2v) is 7.52. The summed E-state index contributed by atoms with van der Waals surface area (Å²) < 4.78 is 1.17. The molecule has 0 saturated carbocycles. The minimum atomic E-state index is 0.638. The fourth-order valence-corrected chi connectivity index (χ4v) is 4.29. The summed E-state index contributed by atoms with van der Waals surface area (Å²) >= 11 is 5.62. The summed E-state index contributed by atoms with van der Waals surface area (Å²) in [5.74, 6) is 3.66. The highest BCUT2D eigenvalue weighted by Gasteiger charge is 2.18. The van der Waals surface area contributed by atoms with Crippen LogP contribution in [0, 0.1) is 5.92 Å². The summed E-state index contributed by atoms with van der Waals surface area (Å²) in [6.45, 7) is 3.29. The van der Waals surface area contributed by atoms with Gasteiger partial charge in [-0.25, -0.2) is 0 Å². The Hall–Kier alpha value is 0.01000. The third kappa shape index (κ3) is 5.49. The van der Waals surface area contributed by atoms with Crippen LogP contribution in [-0.4, -0.2) is 24.1 Å². The van der Waals surface area contributed by atoms with Gasteiger partial charge >= 0.3 is 0 Å². The van der Waals surface area contributed by atoms with E-state index >= 15 is 0 Å². The van der Waals surface area contributed by atoms with Gasteiger partial charge in [-0.15, -0.1) is 0 Å². The molecule has 1 aromatic carbocycles. The van der Waals surface area contributed by atoms with Crippen LogP contribution in [0.3, 0.4) is 0 Å². The molecule has 0 bridgehead atoms. The molecule has 0 amide bonds. The Morgan fingerprint density at radius 3 is 2.58 bits per heavy atom. The van der Waals surface area contributed by atoms with Crippen LogP contribution >= 0.6 is 27.7 Å². The first-order valence-corrected chi connectivity index (χ1v) is 9.28. The lowest BCUT2D eigenvalue weighted by atomic mass is 9.91. The molecule has 3 heteroatoms. The van der Waals surface area contributed by atoms with Crippen LogP contribution in [0.1, 0.15) is 31.7 Å². The van der Waals surface area contributed by atoms with E-state index in [4.69, 9.17) is 0 Å². The normalized spacial score (nSPS) is 18.4. The van der Waals surface area contributed by atoms with Crippen molar-refractivity contribution in [3.63, 3.8) is 0 Å². The second-order valence-electron chi connectivity index (χ2n) is 5.38. The van der Waals surface area contributed by atoms with E-state index in [-0.39, 0.29) is 0 Å². The fourth-order valence-electron chi connectivity index (χ4n) is 2.82. The third-order valence-electron chi connectivity index (χ3n) is 3.85. The predicted molar refractivity (Wildman–Crippen MR) is 90.0 cm³/mol. The third-order valence-corrected chi connectivity index (χ3v) is 5.42. The van der Waals surface area contributed by atoms with Crippen molar-refractivity contribution < 1.29 is 0 Å². The zero-order valence-corrected chi connectivity index (χ0v) is 14.1. The second kappa shape index (κ2) is 8.33. The molecule has 1 unspecified atom stereocenters. The van der Waals surface area contributed by atoms with Crippen molar-refractivity contribution in [3.05, 3.63) is 34.3 Å². The number of likely N-dealkylation sites (N-methyl/N-ethyl adjacent to an activating group) is 1. The average Bonchev–Trinajstić information content (AvgIpc) is 2.43. The lowest BCUT2D eigenvalue weighted by Gasteiger charge is -2.27. The maximum atomic E-state index is 3.67. The first-order valence-electron chi connectivity index (χ1n) is 7.33. The van der Waals surface area contributed by atoms with Gasteiger partial charge in [-0.1, -0.05) is 35.0 Å². The molecule has 1 aliphatic rings. The summed E-state index contributed by atoms with van der Waals surface area (Å²) in [5, 5.41) is 3.67. The highest BCUT2D eigenvalue weighted by Crippen LogP contribution is 2.27. The Morgan fingerprint density at radius 2 is 1.95 bits per heavy atom. The standard InChI is InChI=1S/C16H24BrNS/c1-2-18-16(12-14-7-9-19-10-8-14)11-13-3-5-15(17)6-4-13/h3-6,14,16,18H,2,7-12H2,1H3. The molecule has 1 aliphatic heterocycles. The molecule has 0 aliphatic carbocycles. The summed E-state index contributed by atoms with van der Waals surface area (Å²) in [7, 11) is 0. The summed E-state index contributed by atoms with van der Waals surface area (Å²) in [5.41, 5.74) is 1.44. The van der Waals surface area contributed by atoms with Crippen molar-refractivity contribution in [1.82, 2.24) is 5.32 Å². The molecule has 0 spiro atoms. The SMILES string of the molecule is CCNC(Cc1ccc(Br)cc1)CC1CCSCC1. The molecule has 1 saturated heterocycles. The molecule has 1 N–H and O–H groups in total. The molecule has 1 nitrogen and oxygen atoms in total. The van der Waals surface area contributed by atoms with Crippen molar-refractivity contribution >= 4 is 27.7 Å². The number of halogens is 1. The first-order chi connectivity index (χ1) is 9.28. The van der Waals surface area contributed by atoms with Crippen LogP contribution in [0.4, 0.5) is 0 Å². The molecular weight excluding hydrogens is 318 g/mol. The van der Waals surface area contributed by atoms with Gasteiger partial charge in [-0.2, -0.15) is 11.8 Å². The minimum absolute atomic E-state index is 0.638. The molecule has 1 atom stereocenters. The maximum Gasteiger partial charge on any atom is 0.0175 e. The van der Waals surface area contributed by atoms with E-state index in [1.807, 2.05) is 0 Å². The summed E-state index contributed by atoms with van der Waals surface area (Å²) in [4.78, 5) is 0. The van der Waals surface area contributed by atoms with Crippen LogP contribution in [0.2, 0.25) is 0 Å². The van der Waals surface area contributed by atoms with Crippen LogP contribution in [0.25, 0.3) is 0 Å². The van der Waals surface area contributed by atoms with Gasteiger partial charge in [0.1, 0.15) is 0 Å². The van der Waals surface area contributed by atoms with E-state index in [0.29, 0.717) is 6.04 Å². The number of rotatable bonds is 6. The molecule has 1 aromatic rings. The van der Waals surface area contributed by atoms with Crippen molar-refractivity contribution in [1.29, 1.82) is 0 Å². The molecule has 1 heterocycles. The molecular formula is C16H24BrNS. The van der Waals surface area contributed by atoms with Gasteiger partial charge in [0.25, 0.3) is 0 Å². The molecule has 19 heavy (non-hydrogen) atoms. The average molecular weight is 342 g/mol. The molecule has 106 valence electrons. The largest absolute Gasteiger partial charge is 0.314 e. The lowest BCUT2D eigenvalue weighted by Crippen LogP contribution is -2.33. The number of benzene rings is 1. The van der Waals surface area contributed by atoms with Crippen molar-refractivity contribution in [2.24, 2.45) is 5.92 Å².